The lowest BCUT2D eigenvalue weighted by molar-refractivity contribution is -0.127. The fourth-order valence-corrected chi connectivity index (χ4v) is 2.22. The first-order valence-electron chi connectivity index (χ1n) is 5.14. The van der Waals surface area contributed by atoms with Crippen LogP contribution in [-0.4, -0.2) is 23.4 Å². The van der Waals surface area contributed by atoms with Crippen molar-refractivity contribution in [1.29, 1.82) is 0 Å². The molecule has 13 heavy (non-hydrogen) atoms. The molecule has 0 N–H and O–H groups in total. The molecule has 1 aliphatic heterocycles. The van der Waals surface area contributed by atoms with E-state index in [2.05, 4.69) is 4.90 Å². The summed E-state index contributed by atoms with van der Waals surface area (Å²) >= 11 is 0. The lowest BCUT2D eigenvalue weighted by atomic mass is 10.1. The third-order valence-electron chi connectivity index (χ3n) is 2.95. The third kappa shape index (κ3) is 1.77. The van der Waals surface area contributed by atoms with Gasteiger partial charge in [0.25, 0.3) is 0 Å². The maximum atomic E-state index is 11.7. The van der Waals surface area contributed by atoms with Gasteiger partial charge >= 0.3 is 0 Å². The predicted octanol–water partition coefficient (Wildman–Crippen LogP) is 1.96. The minimum atomic E-state index is 0.229. The van der Waals surface area contributed by atoms with Crippen LogP contribution in [0.2, 0.25) is 0 Å². The van der Waals surface area contributed by atoms with Gasteiger partial charge in [-0.3, -0.25) is 4.79 Å². The summed E-state index contributed by atoms with van der Waals surface area (Å²) in [6, 6.07) is 0.594. The highest BCUT2D eigenvalue weighted by molar-refractivity contribution is 5.88. The van der Waals surface area contributed by atoms with Crippen LogP contribution in [0.4, 0.5) is 0 Å². The van der Waals surface area contributed by atoms with Crippen LogP contribution in [-0.2, 0) is 4.79 Å². The molecule has 2 rings (SSSR count). The van der Waals surface area contributed by atoms with Crippen molar-refractivity contribution in [1.82, 2.24) is 4.90 Å². The number of likely N-dealkylation sites (tertiary alicyclic amines) is 1. The highest BCUT2D eigenvalue weighted by atomic mass is 16.2. The first-order chi connectivity index (χ1) is 6.18. The van der Waals surface area contributed by atoms with Gasteiger partial charge in [0.05, 0.1) is 0 Å². The van der Waals surface area contributed by atoms with Crippen molar-refractivity contribution in [3.63, 3.8) is 0 Å². The molecule has 1 heterocycles. The van der Waals surface area contributed by atoms with Crippen molar-refractivity contribution >= 4 is 5.91 Å². The number of allylic oxidation sites excluding steroid dienone is 1. The average molecular weight is 179 g/mol. The summed E-state index contributed by atoms with van der Waals surface area (Å²) in [5.41, 5.74) is 1.10. The normalized spacial score (nSPS) is 30.8. The van der Waals surface area contributed by atoms with E-state index in [-0.39, 0.29) is 5.91 Å². The van der Waals surface area contributed by atoms with E-state index in [4.69, 9.17) is 0 Å². The molecule has 2 nitrogen and oxygen atoms in total. The van der Waals surface area contributed by atoms with Gasteiger partial charge in [-0.1, -0.05) is 5.57 Å². The SMILES string of the molecule is CC(C)=CC(=O)N1CCCC2CC21. The van der Waals surface area contributed by atoms with Gasteiger partial charge in [0, 0.05) is 18.7 Å². The van der Waals surface area contributed by atoms with Gasteiger partial charge in [0.2, 0.25) is 5.91 Å². The number of piperidine rings is 1. The molecule has 72 valence electrons. The monoisotopic (exact) mass is 179 g/mol. The van der Waals surface area contributed by atoms with E-state index in [0.29, 0.717) is 6.04 Å². The quantitative estimate of drug-likeness (QED) is 0.563. The van der Waals surface area contributed by atoms with Gasteiger partial charge in [-0.25, -0.2) is 0 Å². The molecular formula is C11H17NO. The van der Waals surface area contributed by atoms with Crippen LogP contribution >= 0.6 is 0 Å². The molecule has 0 aromatic heterocycles. The van der Waals surface area contributed by atoms with Crippen LogP contribution < -0.4 is 0 Å². The summed E-state index contributed by atoms with van der Waals surface area (Å²) in [7, 11) is 0. The van der Waals surface area contributed by atoms with Crippen LogP contribution in [0.1, 0.15) is 33.1 Å². The van der Waals surface area contributed by atoms with Crippen LogP contribution in [0.3, 0.4) is 0 Å². The molecule has 2 heteroatoms. The molecule has 0 aromatic rings. The zero-order chi connectivity index (χ0) is 9.42. The molecule has 0 bridgehead atoms. The summed E-state index contributed by atoms with van der Waals surface area (Å²) in [5.74, 6) is 1.07. The molecule has 2 aliphatic rings. The summed E-state index contributed by atoms with van der Waals surface area (Å²) in [4.78, 5) is 13.8. The Morgan fingerprint density at radius 1 is 1.46 bits per heavy atom. The number of amides is 1. The van der Waals surface area contributed by atoms with Crippen LogP contribution in [0.5, 0.6) is 0 Å². The van der Waals surface area contributed by atoms with Gasteiger partial charge in [-0.05, 0) is 39.0 Å². The Balaban J connectivity index is 2.00. The Kier molecular flexibility index (Phi) is 2.14. The number of hydrogen-bond acceptors (Lipinski definition) is 1. The Morgan fingerprint density at radius 2 is 2.23 bits per heavy atom. The van der Waals surface area contributed by atoms with Crippen molar-refractivity contribution in [3.8, 4) is 0 Å². The minimum absolute atomic E-state index is 0.229. The van der Waals surface area contributed by atoms with E-state index in [0.717, 1.165) is 18.0 Å². The molecular weight excluding hydrogens is 162 g/mol. The molecule has 0 aromatic carbocycles. The van der Waals surface area contributed by atoms with E-state index >= 15 is 0 Å². The fraction of sp³-hybridized carbons (Fsp3) is 0.727. The van der Waals surface area contributed by atoms with Crippen molar-refractivity contribution < 1.29 is 4.79 Å². The second-order valence-electron chi connectivity index (χ2n) is 4.46. The highest BCUT2D eigenvalue weighted by Crippen LogP contribution is 2.43. The van der Waals surface area contributed by atoms with E-state index in [1.807, 2.05) is 13.8 Å². The molecule has 1 saturated carbocycles. The molecule has 1 aliphatic carbocycles. The van der Waals surface area contributed by atoms with Gasteiger partial charge in [0.15, 0.2) is 0 Å². The van der Waals surface area contributed by atoms with Crippen LogP contribution in [0.15, 0.2) is 11.6 Å². The molecule has 1 amide bonds. The lowest BCUT2D eigenvalue weighted by Gasteiger charge is -2.25. The van der Waals surface area contributed by atoms with Crippen LogP contribution in [0, 0.1) is 5.92 Å². The van der Waals surface area contributed by atoms with Crippen molar-refractivity contribution in [2.75, 3.05) is 6.54 Å². The number of carbonyl (C=O) groups is 1. The molecule has 0 spiro atoms. The number of rotatable bonds is 1. The number of hydrogen-bond donors (Lipinski definition) is 0. The minimum Gasteiger partial charge on any atom is -0.336 e. The Labute approximate surface area is 79.6 Å². The Hall–Kier alpha value is -0.790. The summed E-state index contributed by atoms with van der Waals surface area (Å²) in [5, 5.41) is 0. The highest BCUT2D eigenvalue weighted by Gasteiger charge is 2.45. The second kappa shape index (κ2) is 3.17. The first-order valence-corrected chi connectivity index (χ1v) is 5.14. The number of nitrogens with zero attached hydrogens (tertiary/aromatic N) is 1. The maximum absolute atomic E-state index is 11.7. The summed E-state index contributed by atoms with van der Waals surface area (Å²) < 4.78 is 0. The predicted molar refractivity (Wildman–Crippen MR) is 52.3 cm³/mol. The molecule has 1 saturated heterocycles. The first kappa shape index (κ1) is 8.79. The zero-order valence-corrected chi connectivity index (χ0v) is 8.42. The lowest BCUT2D eigenvalue weighted by Crippen LogP contribution is -2.36. The number of carbonyl (C=O) groups excluding carboxylic acids is 1. The van der Waals surface area contributed by atoms with Gasteiger partial charge in [0.1, 0.15) is 0 Å². The maximum Gasteiger partial charge on any atom is 0.246 e. The third-order valence-corrected chi connectivity index (χ3v) is 2.95. The summed E-state index contributed by atoms with van der Waals surface area (Å²) in [6.45, 7) is 4.93. The standard InChI is InChI=1S/C11H17NO/c1-8(2)6-11(13)12-5-3-4-9-7-10(9)12/h6,9-10H,3-5,7H2,1-2H3. The van der Waals surface area contributed by atoms with E-state index in [1.54, 1.807) is 6.08 Å². The molecule has 2 atom stereocenters. The molecule has 0 radical (unpaired) electrons. The van der Waals surface area contributed by atoms with Gasteiger partial charge in [-0.15, -0.1) is 0 Å². The zero-order valence-electron chi connectivity index (χ0n) is 8.42. The van der Waals surface area contributed by atoms with Crippen LogP contribution in [0.25, 0.3) is 0 Å². The average Bonchev–Trinajstić information content (AvgIpc) is 2.79. The van der Waals surface area contributed by atoms with Crippen molar-refractivity contribution in [2.45, 2.75) is 39.2 Å². The van der Waals surface area contributed by atoms with E-state index in [9.17, 15) is 4.79 Å². The fourth-order valence-electron chi connectivity index (χ4n) is 2.22. The number of fused-ring (bicyclic) bond motifs is 1. The van der Waals surface area contributed by atoms with E-state index < -0.39 is 0 Å². The summed E-state index contributed by atoms with van der Waals surface area (Å²) in [6.07, 6.45) is 5.55. The van der Waals surface area contributed by atoms with Crippen molar-refractivity contribution in [2.24, 2.45) is 5.92 Å². The molecule has 2 unspecified atom stereocenters. The smallest absolute Gasteiger partial charge is 0.246 e. The van der Waals surface area contributed by atoms with Crippen molar-refractivity contribution in [3.05, 3.63) is 11.6 Å². The Morgan fingerprint density at radius 3 is 2.92 bits per heavy atom. The molecule has 2 fully saturated rings. The topological polar surface area (TPSA) is 20.3 Å². The second-order valence-corrected chi connectivity index (χ2v) is 4.46. The van der Waals surface area contributed by atoms with Gasteiger partial charge in [-0.2, -0.15) is 0 Å². The van der Waals surface area contributed by atoms with Gasteiger partial charge < -0.3 is 4.90 Å². The largest absolute Gasteiger partial charge is 0.336 e. The Bertz CT molecular complexity index is 253. The van der Waals surface area contributed by atoms with E-state index in [1.165, 1.54) is 19.3 Å².